The van der Waals surface area contributed by atoms with E-state index >= 15 is 0 Å². The maximum atomic E-state index is 10.5. The molecule has 23 heavy (non-hydrogen) atoms. The summed E-state index contributed by atoms with van der Waals surface area (Å²) in [6.45, 7) is 7.08. The molecule has 0 bridgehead atoms. The molecule has 0 saturated carbocycles. The summed E-state index contributed by atoms with van der Waals surface area (Å²) < 4.78 is 0. The zero-order chi connectivity index (χ0) is 17.2. The van der Waals surface area contributed by atoms with Crippen LogP contribution in [0.25, 0.3) is 12.2 Å². The van der Waals surface area contributed by atoms with Crippen LogP contribution in [0.3, 0.4) is 0 Å². The Morgan fingerprint density at radius 1 is 1.09 bits per heavy atom. The Morgan fingerprint density at radius 3 is 2.30 bits per heavy atom. The third-order valence-electron chi connectivity index (χ3n) is 4.08. The summed E-state index contributed by atoms with van der Waals surface area (Å²) >= 11 is 1.61. The van der Waals surface area contributed by atoms with Gasteiger partial charge in [0, 0.05) is 16.0 Å². The number of rotatable bonds is 5. The molecule has 1 heterocycles. The number of hydrogen-bond acceptors (Lipinski definition) is 4. The van der Waals surface area contributed by atoms with Crippen LogP contribution in [0, 0.1) is 13.8 Å². The number of phenolic OH excluding ortho intramolecular Hbond substituents is 2. The lowest BCUT2D eigenvalue weighted by molar-refractivity contribution is 0.0712. The second-order valence-corrected chi connectivity index (χ2v) is 7.48. The van der Waals surface area contributed by atoms with Crippen molar-refractivity contribution >= 4 is 23.5 Å². The van der Waals surface area contributed by atoms with Crippen LogP contribution >= 0.6 is 11.3 Å². The van der Waals surface area contributed by atoms with Gasteiger partial charge in [-0.3, -0.25) is 0 Å². The van der Waals surface area contributed by atoms with Gasteiger partial charge < -0.3 is 15.3 Å². The van der Waals surface area contributed by atoms with Crippen LogP contribution in [0.1, 0.15) is 47.4 Å². The first-order chi connectivity index (χ1) is 10.7. The highest BCUT2D eigenvalue weighted by molar-refractivity contribution is 7.10. The van der Waals surface area contributed by atoms with Crippen LogP contribution in [-0.2, 0) is 6.42 Å². The molecule has 2 rings (SSSR count). The van der Waals surface area contributed by atoms with Crippen molar-refractivity contribution in [2.24, 2.45) is 0 Å². The SMILES string of the molecule is Cc1c(C)c(O)c(CCC(C)(C)O)c(C=Cc2cccs2)c1O. The van der Waals surface area contributed by atoms with Gasteiger partial charge in [0.05, 0.1) is 5.60 Å². The highest BCUT2D eigenvalue weighted by atomic mass is 32.1. The first-order valence-corrected chi connectivity index (χ1v) is 8.56. The zero-order valence-electron chi connectivity index (χ0n) is 14.1. The molecule has 2 aromatic rings. The summed E-state index contributed by atoms with van der Waals surface area (Å²) in [4.78, 5) is 1.08. The van der Waals surface area contributed by atoms with E-state index in [1.54, 1.807) is 39.0 Å². The zero-order valence-corrected chi connectivity index (χ0v) is 14.9. The van der Waals surface area contributed by atoms with Gasteiger partial charge in [0.2, 0.25) is 0 Å². The number of phenols is 2. The summed E-state index contributed by atoms with van der Waals surface area (Å²) in [5.41, 5.74) is 1.85. The molecule has 0 saturated heterocycles. The minimum absolute atomic E-state index is 0.193. The number of hydrogen-bond donors (Lipinski definition) is 3. The third kappa shape index (κ3) is 4.15. The van der Waals surface area contributed by atoms with Crippen LogP contribution in [0.15, 0.2) is 17.5 Å². The van der Waals surface area contributed by atoms with E-state index in [0.717, 1.165) is 4.88 Å². The molecule has 0 aliphatic carbocycles. The lowest BCUT2D eigenvalue weighted by Crippen LogP contribution is -2.19. The summed E-state index contributed by atoms with van der Waals surface area (Å²) in [5.74, 6) is 0.397. The fraction of sp³-hybridized carbons (Fsp3) is 0.368. The molecule has 124 valence electrons. The van der Waals surface area contributed by atoms with Crippen LogP contribution in [0.4, 0.5) is 0 Å². The van der Waals surface area contributed by atoms with Crippen LogP contribution in [-0.4, -0.2) is 20.9 Å². The predicted octanol–water partition coefficient (Wildman–Crippen LogP) is 4.65. The molecule has 3 N–H and O–H groups in total. The van der Waals surface area contributed by atoms with Crippen LogP contribution in [0.2, 0.25) is 0 Å². The van der Waals surface area contributed by atoms with E-state index in [2.05, 4.69) is 0 Å². The average molecular weight is 332 g/mol. The Bertz CT molecular complexity index is 707. The Kier molecular flexibility index (Phi) is 5.17. The van der Waals surface area contributed by atoms with Crippen molar-refractivity contribution in [1.29, 1.82) is 0 Å². The fourth-order valence-corrected chi connectivity index (χ4v) is 3.09. The van der Waals surface area contributed by atoms with Gasteiger partial charge in [0.1, 0.15) is 11.5 Å². The van der Waals surface area contributed by atoms with Crippen molar-refractivity contribution in [1.82, 2.24) is 0 Å². The second kappa shape index (κ2) is 6.77. The van der Waals surface area contributed by atoms with Crippen molar-refractivity contribution in [2.45, 2.75) is 46.1 Å². The second-order valence-electron chi connectivity index (χ2n) is 6.50. The molecule has 4 heteroatoms. The molecule has 3 nitrogen and oxygen atoms in total. The quantitative estimate of drug-likeness (QED) is 0.698. The fourth-order valence-electron chi connectivity index (χ4n) is 2.47. The van der Waals surface area contributed by atoms with E-state index in [9.17, 15) is 15.3 Å². The topological polar surface area (TPSA) is 60.7 Å². The van der Waals surface area contributed by atoms with Gasteiger partial charge >= 0.3 is 0 Å². The molecule has 0 radical (unpaired) electrons. The Hall–Kier alpha value is -1.78. The lowest BCUT2D eigenvalue weighted by Gasteiger charge is -2.20. The minimum Gasteiger partial charge on any atom is -0.507 e. The molecule has 0 amide bonds. The van der Waals surface area contributed by atoms with Gasteiger partial charge in [-0.2, -0.15) is 0 Å². The summed E-state index contributed by atoms with van der Waals surface area (Å²) in [7, 11) is 0. The smallest absolute Gasteiger partial charge is 0.126 e. The number of aliphatic hydroxyl groups is 1. The van der Waals surface area contributed by atoms with Gasteiger partial charge in [-0.25, -0.2) is 0 Å². The van der Waals surface area contributed by atoms with Gasteiger partial charge in [-0.1, -0.05) is 6.07 Å². The first-order valence-electron chi connectivity index (χ1n) is 7.68. The number of thiophene rings is 1. The van der Waals surface area contributed by atoms with Crippen molar-refractivity contribution in [3.8, 4) is 11.5 Å². The summed E-state index contributed by atoms with van der Waals surface area (Å²) in [6.07, 6.45) is 4.77. The van der Waals surface area contributed by atoms with Crippen molar-refractivity contribution in [2.75, 3.05) is 0 Å². The predicted molar refractivity (Wildman–Crippen MR) is 97.1 cm³/mol. The van der Waals surface area contributed by atoms with Crippen molar-refractivity contribution in [3.63, 3.8) is 0 Å². The van der Waals surface area contributed by atoms with E-state index in [4.69, 9.17) is 0 Å². The maximum Gasteiger partial charge on any atom is 0.126 e. The first kappa shape index (κ1) is 17.6. The van der Waals surface area contributed by atoms with Gasteiger partial charge in [0.25, 0.3) is 0 Å². The molecule has 1 aromatic heterocycles. The van der Waals surface area contributed by atoms with Crippen molar-refractivity contribution < 1.29 is 15.3 Å². The molecular weight excluding hydrogens is 308 g/mol. The maximum absolute atomic E-state index is 10.5. The highest BCUT2D eigenvalue weighted by Gasteiger charge is 2.20. The van der Waals surface area contributed by atoms with Crippen molar-refractivity contribution in [3.05, 3.63) is 44.6 Å². The average Bonchev–Trinajstić information content (AvgIpc) is 2.98. The molecule has 0 fully saturated rings. The van der Waals surface area contributed by atoms with Crippen LogP contribution in [0.5, 0.6) is 11.5 Å². The number of aromatic hydroxyl groups is 2. The van der Waals surface area contributed by atoms with Gasteiger partial charge in [-0.15, -0.1) is 11.3 Å². The van der Waals surface area contributed by atoms with E-state index in [-0.39, 0.29) is 11.5 Å². The lowest BCUT2D eigenvalue weighted by atomic mass is 9.90. The van der Waals surface area contributed by atoms with E-state index in [0.29, 0.717) is 35.1 Å². The molecule has 0 aliphatic heterocycles. The standard InChI is InChI=1S/C19H24O3S/c1-12-13(2)18(21)16(9-10-19(3,4)22)15(17(12)20)8-7-14-6-5-11-23-14/h5-8,11,20-22H,9-10H2,1-4H3. The van der Waals surface area contributed by atoms with Gasteiger partial charge in [0.15, 0.2) is 0 Å². The third-order valence-corrected chi connectivity index (χ3v) is 4.92. The summed E-state index contributed by atoms with van der Waals surface area (Å²) in [5, 5.41) is 33.0. The van der Waals surface area contributed by atoms with E-state index in [1.165, 1.54) is 0 Å². The van der Waals surface area contributed by atoms with Crippen LogP contribution < -0.4 is 0 Å². The number of benzene rings is 1. The van der Waals surface area contributed by atoms with Gasteiger partial charge in [-0.05, 0) is 75.3 Å². The Balaban J connectivity index is 2.49. The normalized spacial score (nSPS) is 12.2. The molecule has 0 spiro atoms. The molecule has 1 aromatic carbocycles. The van der Waals surface area contributed by atoms with E-state index < -0.39 is 5.60 Å². The molecule has 0 aliphatic rings. The Labute approximate surface area is 141 Å². The summed E-state index contributed by atoms with van der Waals surface area (Å²) in [6, 6.07) is 3.97. The monoisotopic (exact) mass is 332 g/mol. The van der Waals surface area contributed by atoms with E-state index in [1.807, 2.05) is 29.7 Å². The molecular formula is C19H24O3S. The molecule has 0 unspecified atom stereocenters. The minimum atomic E-state index is -0.824. The Morgan fingerprint density at radius 2 is 1.74 bits per heavy atom. The molecule has 0 atom stereocenters. The largest absolute Gasteiger partial charge is 0.507 e. The highest BCUT2D eigenvalue weighted by Crippen LogP contribution is 2.39.